The molecule has 0 atom stereocenters. The molecule has 1 heterocycles. The number of hydrogen-bond donors (Lipinski definition) is 1. The molecule has 1 N–H and O–H groups in total. The minimum atomic E-state index is -0.414. The number of carbonyl (C=O) groups excluding carboxylic acids is 1. The first-order valence-corrected chi connectivity index (χ1v) is 6.97. The van der Waals surface area contributed by atoms with Gasteiger partial charge in [0.1, 0.15) is 11.4 Å². The average Bonchev–Trinajstić information content (AvgIpc) is 2.46. The lowest BCUT2D eigenvalue weighted by Gasteiger charge is -2.39. The van der Waals surface area contributed by atoms with E-state index in [1.807, 2.05) is 68.4 Å². The summed E-state index contributed by atoms with van der Waals surface area (Å²) < 4.78 is 5.93. The van der Waals surface area contributed by atoms with Crippen molar-refractivity contribution in [1.29, 1.82) is 0 Å². The summed E-state index contributed by atoms with van der Waals surface area (Å²) in [6, 6.07) is 16.9. The van der Waals surface area contributed by atoms with E-state index in [9.17, 15) is 4.79 Å². The number of rotatable bonds is 1. The second-order valence-corrected chi connectivity index (χ2v) is 5.71. The fourth-order valence-electron chi connectivity index (χ4n) is 2.46. The molecule has 0 spiro atoms. The summed E-state index contributed by atoms with van der Waals surface area (Å²) in [6.07, 6.45) is 0. The monoisotopic (exact) mass is 282 g/mol. The predicted molar refractivity (Wildman–Crippen MR) is 84.0 cm³/mol. The van der Waals surface area contributed by atoms with Gasteiger partial charge in [-0.2, -0.15) is 0 Å². The summed E-state index contributed by atoms with van der Waals surface area (Å²) in [5.74, 6) is 0.733. The number of amides is 2. The second-order valence-electron chi connectivity index (χ2n) is 5.71. The Morgan fingerprint density at radius 1 is 1.10 bits per heavy atom. The van der Waals surface area contributed by atoms with Crippen molar-refractivity contribution in [1.82, 2.24) is 0 Å². The molecule has 21 heavy (non-hydrogen) atoms. The molecule has 0 radical (unpaired) electrons. The fourth-order valence-corrected chi connectivity index (χ4v) is 2.46. The van der Waals surface area contributed by atoms with Crippen molar-refractivity contribution in [2.75, 3.05) is 16.8 Å². The number of nitrogens with one attached hydrogen (secondary N) is 1. The SMILES string of the molecule is CC1(C)CN(C(=O)Nc2ccccc2)c2ccccc2O1. The zero-order chi connectivity index (χ0) is 14.9. The van der Waals surface area contributed by atoms with E-state index in [-0.39, 0.29) is 6.03 Å². The lowest BCUT2D eigenvalue weighted by molar-refractivity contribution is 0.107. The zero-order valence-corrected chi connectivity index (χ0v) is 12.2. The summed E-state index contributed by atoms with van der Waals surface area (Å²) in [6.45, 7) is 4.46. The normalized spacial score (nSPS) is 15.8. The van der Waals surface area contributed by atoms with E-state index >= 15 is 0 Å². The van der Waals surface area contributed by atoms with Gasteiger partial charge in [-0.15, -0.1) is 0 Å². The van der Waals surface area contributed by atoms with Gasteiger partial charge in [0.2, 0.25) is 0 Å². The Bertz CT molecular complexity index is 653. The van der Waals surface area contributed by atoms with Crippen LogP contribution in [0.25, 0.3) is 0 Å². The van der Waals surface area contributed by atoms with E-state index in [2.05, 4.69) is 5.32 Å². The molecular weight excluding hydrogens is 264 g/mol. The van der Waals surface area contributed by atoms with Crippen LogP contribution in [-0.4, -0.2) is 18.2 Å². The molecule has 0 aromatic heterocycles. The summed E-state index contributed by atoms with van der Waals surface area (Å²) in [5.41, 5.74) is 1.16. The third-order valence-electron chi connectivity index (χ3n) is 3.35. The number of ether oxygens (including phenoxy) is 1. The molecule has 0 saturated carbocycles. The molecule has 4 nitrogen and oxygen atoms in total. The average molecular weight is 282 g/mol. The Kier molecular flexibility index (Phi) is 3.29. The Morgan fingerprint density at radius 3 is 2.52 bits per heavy atom. The summed E-state index contributed by atoms with van der Waals surface area (Å²) in [7, 11) is 0. The first-order valence-electron chi connectivity index (χ1n) is 6.97. The molecule has 0 aliphatic carbocycles. The number of nitrogens with zero attached hydrogens (tertiary/aromatic N) is 1. The molecule has 0 unspecified atom stereocenters. The molecule has 2 amide bonds. The van der Waals surface area contributed by atoms with Crippen molar-refractivity contribution >= 4 is 17.4 Å². The summed E-state index contributed by atoms with van der Waals surface area (Å²) in [4.78, 5) is 14.3. The quantitative estimate of drug-likeness (QED) is 0.862. The van der Waals surface area contributed by atoms with Crippen LogP contribution in [0.1, 0.15) is 13.8 Å². The van der Waals surface area contributed by atoms with Gasteiger partial charge in [-0.1, -0.05) is 30.3 Å². The van der Waals surface area contributed by atoms with Crippen LogP contribution in [0.4, 0.5) is 16.2 Å². The maximum absolute atomic E-state index is 12.6. The molecule has 1 aliphatic heterocycles. The lowest BCUT2D eigenvalue weighted by Crippen LogP contribution is -2.50. The van der Waals surface area contributed by atoms with Gasteiger partial charge in [0.05, 0.1) is 12.2 Å². The topological polar surface area (TPSA) is 41.6 Å². The highest BCUT2D eigenvalue weighted by Gasteiger charge is 2.34. The van der Waals surface area contributed by atoms with E-state index in [1.54, 1.807) is 4.90 Å². The minimum absolute atomic E-state index is 0.148. The molecule has 0 saturated heterocycles. The van der Waals surface area contributed by atoms with E-state index < -0.39 is 5.60 Å². The van der Waals surface area contributed by atoms with Crippen molar-refractivity contribution in [2.24, 2.45) is 0 Å². The number of urea groups is 1. The fraction of sp³-hybridized carbons (Fsp3) is 0.235. The molecule has 1 aliphatic rings. The number of benzene rings is 2. The van der Waals surface area contributed by atoms with Gasteiger partial charge in [0.15, 0.2) is 0 Å². The van der Waals surface area contributed by atoms with Crippen LogP contribution in [0.15, 0.2) is 54.6 Å². The van der Waals surface area contributed by atoms with Crippen LogP contribution in [-0.2, 0) is 0 Å². The van der Waals surface area contributed by atoms with Crippen molar-refractivity contribution in [3.63, 3.8) is 0 Å². The van der Waals surface area contributed by atoms with Gasteiger partial charge >= 0.3 is 6.03 Å². The molecular formula is C17H18N2O2. The van der Waals surface area contributed by atoms with E-state index in [0.29, 0.717) is 6.54 Å². The number of para-hydroxylation sites is 3. The van der Waals surface area contributed by atoms with Gasteiger partial charge in [-0.25, -0.2) is 4.79 Å². The van der Waals surface area contributed by atoms with Crippen LogP contribution in [0.2, 0.25) is 0 Å². The van der Waals surface area contributed by atoms with Gasteiger partial charge < -0.3 is 10.1 Å². The zero-order valence-electron chi connectivity index (χ0n) is 12.2. The second kappa shape index (κ2) is 5.13. The summed E-state index contributed by atoms with van der Waals surface area (Å²) >= 11 is 0. The predicted octanol–water partition coefficient (Wildman–Crippen LogP) is 3.90. The van der Waals surface area contributed by atoms with Gasteiger partial charge in [0, 0.05) is 5.69 Å². The van der Waals surface area contributed by atoms with Gasteiger partial charge in [-0.05, 0) is 38.1 Å². The number of hydrogen-bond acceptors (Lipinski definition) is 2. The molecule has 0 fully saturated rings. The Hall–Kier alpha value is -2.49. The van der Waals surface area contributed by atoms with Crippen molar-refractivity contribution in [2.45, 2.75) is 19.4 Å². The Labute approximate surface area is 124 Å². The number of anilines is 2. The maximum Gasteiger partial charge on any atom is 0.326 e. The molecule has 2 aromatic rings. The van der Waals surface area contributed by atoms with E-state index in [4.69, 9.17) is 4.74 Å². The van der Waals surface area contributed by atoms with Crippen LogP contribution in [0, 0.1) is 0 Å². The van der Waals surface area contributed by atoms with Crippen LogP contribution >= 0.6 is 0 Å². The van der Waals surface area contributed by atoms with Gasteiger partial charge in [-0.3, -0.25) is 4.90 Å². The lowest BCUT2D eigenvalue weighted by atomic mass is 10.1. The molecule has 3 rings (SSSR count). The maximum atomic E-state index is 12.6. The van der Waals surface area contributed by atoms with Gasteiger partial charge in [0.25, 0.3) is 0 Å². The smallest absolute Gasteiger partial charge is 0.326 e. The van der Waals surface area contributed by atoms with Crippen molar-refractivity contribution in [3.8, 4) is 5.75 Å². The van der Waals surface area contributed by atoms with Crippen LogP contribution in [0.5, 0.6) is 5.75 Å². The highest BCUT2D eigenvalue weighted by Crippen LogP contribution is 2.36. The standard InChI is InChI=1S/C17H18N2O2/c1-17(2)12-19(14-10-6-7-11-15(14)21-17)16(20)18-13-8-4-3-5-9-13/h3-11H,12H2,1-2H3,(H,18,20). The highest BCUT2D eigenvalue weighted by molar-refractivity contribution is 6.03. The first kappa shape index (κ1) is 13.5. The minimum Gasteiger partial charge on any atom is -0.484 e. The number of carbonyl (C=O) groups is 1. The molecule has 2 aromatic carbocycles. The number of fused-ring (bicyclic) bond motifs is 1. The Balaban J connectivity index is 1.89. The van der Waals surface area contributed by atoms with Crippen LogP contribution in [0.3, 0.4) is 0 Å². The largest absolute Gasteiger partial charge is 0.484 e. The molecule has 4 heteroatoms. The third-order valence-corrected chi connectivity index (χ3v) is 3.35. The third kappa shape index (κ3) is 2.84. The molecule has 108 valence electrons. The molecule has 0 bridgehead atoms. The van der Waals surface area contributed by atoms with E-state index in [1.165, 1.54) is 0 Å². The van der Waals surface area contributed by atoms with E-state index in [0.717, 1.165) is 17.1 Å². The summed E-state index contributed by atoms with van der Waals surface area (Å²) in [5, 5.41) is 2.92. The van der Waals surface area contributed by atoms with Crippen molar-refractivity contribution < 1.29 is 9.53 Å². The highest BCUT2D eigenvalue weighted by atomic mass is 16.5. The van der Waals surface area contributed by atoms with Crippen LogP contribution < -0.4 is 15.0 Å². The van der Waals surface area contributed by atoms with Crippen molar-refractivity contribution in [3.05, 3.63) is 54.6 Å². The Morgan fingerprint density at radius 2 is 1.76 bits per heavy atom. The first-order chi connectivity index (χ1) is 10.1.